The van der Waals surface area contributed by atoms with Crippen molar-refractivity contribution in [1.29, 1.82) is 0 Å². The smallest absolute Gasteiger partial charge is 0.131 e. The van der Waals surface area contributed by atoms with Gasteiger partial charge in [0.1, 0.15) is 5.76 Å². The highest BCUT2D eigenvalue weighted by molar-refractivity contribution is 9.10. The predicted molar refractivity (Wildman–Crippen MR) is 74.3 cm³/mol. The minimum absolute atomic E-state index is 0.410. The molecule has 0 saturated carbocycles. The van der Waals surface area contributed by atoms with E-state index in [-0.39, 0.29) is 0 Å². The Kier molecular flexibility index (Phi) is 5.69. The molecule has 1 aliphatic rings. The SMILES string of the molecule is NCCCOC1CCN(Cc2occc2Br)CC1. The molecule has 0 bridgehead atoms. The van der Waals surface area contributed by atoms with Gasteiger partial charge in [-0.2, -0.15) is 0 Å². The van der Waals surface area contributed by atoms with Gasteiger partial charge in [-0.15, -0.1) is 0 Å². The Morgan fingerprint density at radius 3 is 2.83 bits per heavy atom. The summed E-state index contributed by atoms with van der Waals surface area (Å²) < 4.78 is 12.3. The van der Waals surface area contributed by atoms with Gasteiger partial charge in [-0.1, -0.05) is 0 Å². The summed E-state index contributed by atoms with van der Waals surface area (Å²) in [6.45, 7) is 4.53. The van der Waals surface area contributed by atoms with Gasteiger partial charge in [0, 0.05) is 19.7 Å². The van der Waals surface area contributed by atoms with Crippen molar-refractivity contribution in [2.45, 2.75) is 31.9 Å². The van der Waals surface area contributed by atoms with E-state index in [2.05, 4.69) is 20.8 Å². The van der Waals surface area contributed by atoms with Crippen LogP contribution < -0.4 is 5.73 Å². The largest absolute Gasteiger partial charge is 0.467 e. The summed E-state index contributed by atoms with van der Waals surface area (Å²) in [5.74, 6) is 1.01. The Morgan fingerprint density at radius 1 is 1.44 bits per heavy atom. The Balaban J connectivity index is 1.69. The van der Waals surface area contributed by atoms with E-state index in [1.54, 1.807) is 6.26 Å². The van der Waals surface area contributed by atoms with Gasteiger partial charge in [0.05, 0.1) is 23.4 Å². The maximum atomic E-state index is 5.79. The number of hydrogen-bond donors (Lipinski definition) is 1. The Hall–Kier alpha value is -0.360. The molecule has 1 aromatic rings. The van der Waals surface area contributed by atoms with Crippen molar-refractivity contribution in [2.75, 3.05) is 26.2 Å². The zero-order valence-corrected chi connectivity index (χ0v) is 12.2. The van der Waals surface area contributed by atoms with Gasteiger partial charge in [0.15, 0.2) is 0 Å². The summed E-state index contributed by atoms with van der Waals surface area (Å²) in [4.78, 5) is 2.41. The molecule has 2 heterocycles. The molecule has 0 radical (unpaired) electrons. The topological polar surface area (TPSA) is 51.6 Å². The molecule has 0 unspecified atom stereocenters. The number of halogens is 1. The highest BCUT2D eigenvalue weighted by Crippen LogP contribution is 2.22. The number of rotatable bonds is 6. The van der Waals surface area contributed by atoms with Crippen LogP contribution in [-0.2, 0) is 11.3 Å². The second kappa shape index (κ2) is 7.28. The summed E-state index contributed by atoms with van der Waals surface area (Å²) in [5, 5.41) is 0. The Bertz CT molecular complexity index is 349. The molecule has 18 heavy (non-hydrogen) atoms. The Labute approximate surface area is 117 Å². The Morgan fingerprint density at radius 2 is 2.22 bits per heavy atom. The van der Waals surface area contributed by atoms with Crippen LogP contribution in [-0.4, -0.2) is 37.2 Å². The van der Waals surface area contributed by atoms with Crippen molar-refractivity contribution >= 4 is 15.9 Å². The van der Waals surface area contributed by atoms with Gasteiger partial charge in [0.2, 0.25) is 0 Å². The number of furan rings is 1. The first-order valence-electron chi connectivity index (χ1n) is 6.55. The third-order valence-corrected chi connectivity index (χ3v) is 4.00. The monoisotopic (exact) mass is 316 g/mol. The third-order valence-electron chi connectivity index (χ3n) is 3.29. The summed E-state index contributed by atoms with van der Waals surface area (Å²) in [6, 6.07) is 1.94. The lowest BCUT2D eigenvalue weighted by atomic mass is 10.1. The van der Waals surface area contributed by atoms with Crippen molar-refractivity contribution in [3.05, 3.63) is 22.6 Å². The highest BCUT2D eigenvalue weighted by Gasteiger charge is 2.20. The molecule has 0 spiro atoms. The number of likely N-dealkylation sites (tertiary alicyclic amines) is 1. The van der Waals surface area contributed by atoms with E-state index in [0.29, 0.717) is 12.6 Å². The van der Waals surface area contributed by atoms with E-state index in [9.17, 15) is 0 Å². The molecular weight excluding hydrogens is 296 g/mol. The molecule has 1 saturated heterocycles. The summed E-state index contributed by atoms with van der Waals surface area (Å²) in [6.07, 6.45) is 5.29. The van der Waals surface area contributed by atoms with Crippen molar-refractivity contribution in [1.82, 2.24) is 4.90 Å². The van der Waals surface area contributed by atoms with Crippen LogP contribution in [0.5, 0.6) is 0 Å². The summed E-state index contributed by atoms with van der Waals surface area (Å²) >= 11 is 3.49. The third kappa shape index (κ3) is 4.09. The molecule has 0 atom stereocenters. The lowest BCUT2D eigenvalue weighted by Gasteiger charge is -2.31. The first-order chi connectivity index (χ1) is 8.79. The molecular formula is C13H21BrN2O2. The van der Waals surface area contributed by atoms with Gasteiger partial charge in [-0.05, 0) is 47.8 Å². The van der Waals surface area contributed by atoms with E-state index >= 15 is 0 Å². The average molecular weight is 317 g/mol. The lowest BCUT2D eigenvalue weighted by Crippen LogP contribution is -2.36. The quantitative estimate of drug-likeness (QED) is 0.819. The van der Waals surface area contributed by atoms with Gasteiger partial charge in [0.25, 0.3) is 0 Å². The molecule has 5 heteroatoms. The molecule has 0 aromatic carbocycles. The van der Waals surface area contributed by atoms with Crippen LogP contribution in [0.1, 0.15) is 25.0 Å². The van der Waals surface area contributed by atoms with Gasteiger partial charge in [-0.25, -0.2) is 0 Å². The van der Waals surface area contributed by atoms with Crippen molar-refractivity contribution in [3.63, 3.8) is 0 Å². The second-order valence-corrected chi connectivity index (χ2v) is 5.53. The molecule has 2 N–H and O–H groups in total. The van der Waals surface area contributed by atoms with Gasteiger partial charge in [-0.3, -0.25) is 4.90 Å². The fraction of sp³-hybridized carbons (Fsp3) is 0.692. The fourth-order valence-electron chi connectivity index (χ4n) is 2.21. The minimum Gasteiger partial charge on any atom is -0.467 e. The minimum atomic E-state index is 0.410. The molecule has 2 rings (SSSR count). The normalized spacial score (nSPS) is 18.3. The standard InChI is InChI=1S/C13H21BrN2O2/c14-12-4-9-18-13(12)10-16-6-2-11(3-7-16)17-8-1-5-15/h4,9,11H,1-3,5-8,10,15H2. The van der Waals surface area contributed by atoms with Gasteiger partial charge < -0.3 is 14.9 Å². The molecule has 0 amide bonds. The molecule has 1 fully saturated rings. The number of ether oxygens (including phenoxy) is 1. The zero-order valence-electron chi connectivity index (χ0n) is 10.6. The number of hydrogen-bond acceptors (Lipinski definition) is 4. The second-order valence-electron chi connectivity index (χ2n) is 4.68. The van der Waals surface area contributed by atoms with Gasteiger partial charge >= 0.3 is 0 Å². The summed E-state index contributed by atoms with van der Waals surface area (Å²) in [7, 11) is 0. The molecule has 4 nitrogen and oxygen atoms in total. The lowest BCUT2D eigenvalue weighted by molar-refractivity contribution is 0.00440. The first-order valence-corrected chi connectivity index (χ1v) is 7.35. The van der Waals surface area contributed by atoms with Crippen LogP contribution in [0.25, 0.3) is 0 Å². The van der Waals surface area contributed by atoms with Crippen LogP contribution in [0, 0.1) is 0 Å². The van der Waals surface area contributed by atoms with Crippen molar-refractivity contribution < 1.29 is 9.15 Å². The maximum Gasteiger partial charge on any atom is 0.131 e. The van der Waals surface area contributed by atoms with Crippen LogP contribution in [0.15, 0.2) is 21.2 Å². The van der Waals surface area contributed by atoms with Crippen LogP contribution in [0.3, 0.4) is 0 Å². The zero-order chi connectivity index (χ0) is 12.8. The van der Waals surface area contributed by atoms with Crippen molar-refractivity contribution in [2.24, 2.45) is 5.73 Å². The number of piperidine rings is 1. The summed E-state index contributed by atoms with van der Waals surface area (Å²) in [5.41, 5.74) is 5.45. The first kappa shape index (κ1) is 14.1. The number of nitrogens with zero attached hydrogens (tertiary/aromatic N) is 1. The van der Waals surface area contributed by atoms with Crippen LogP contribution in [0.4, 0.5) is 0 Å². The van der Waals surface area contributed by atoms with E-state index in [0.717, 1.165) is 55.7 Å². The van der Waals surface area contributed by atoms with E-state index in [4.69, 9.17) is 14.9 Å². The predicted octanol–water partition coefficient (Wildman–Crippen LogP) is 2.37. The number of nitrogens with two attached hydrogens (primary N) is 1. The molecule has 102 valence electrons. The van der Waals surface area contributed by atoms with Crippen molar-refractivity contribution in [3.8, 4) is 0 Å². The van der Waals surface area contributed by atoms with Crippen LogP contribution in [0.2, 0.25) is 0 Å². The molecule has 1 aliphatic heterocycles. The molecule has 1 aromatic heterocycles. The fourth-order valence-corrected chi connectivity index (χ4v) is 2.54. The van der Waals surface area contributed by atoms with E-state index < -0.39 is 0 Å². The van der Waals surface area contributed by atoms with Crippen LogP contribution >= 0.6 is 15.9 Å². The average Bonchev–Trinajstić information content (AvgIpc) is 2.78. The highest BCUT2D eigenvalue weighted by atomic mass is 79.9. The van der Waals surface area contributed by atoms with E-state index in [1.165, 1.54) is 0 Å². The molecule has 0 aliphatic carbocycles. The van der Waals surface area contributed by atoms with E-state index in [1.807, 2.05) is 6.07 Å². The maximum absolute atomic E-state index is 5.79.